The number of hydrogen-bond donors (Lipinski definition) is 2. The summed E-state index contributed by atoms with van der Waals surface area (Å²) in [6.45, 7) is 5.82. The standard InChI is InChI=1S/C19H22ClFN6S/c1-13-10-14(2)27(24-13)9-5-8-22-19(28)23-18-16(20)12-26(25-18)11-15-6-3-4-7-17(15)21/h3-4,6-7,10,12H,5,8-9,11H2,1-2H3,(H2,22,23,25,28). The number of nitrogens with zero attached hydrogens (tertiary/aromatic N) is 4. The van der Waals surface area contributed by atoms with Gasteiger partial charge in [0.2, 0.25) is 0 Å². The molecule has 1 aromatic carbocycles. The molecule has 2 N–H and O–H groups in total. The molecule has 3 rings (SSSR count). The van der Waals surface area contributed by atoms with Gasteiger partial charge in [0.1, 0.15) is 10.8 Å². The fourth-order valence-corrected chi connectivity index (χ4v) is 3.24. The first-order valence-corrected chi connectivity index (χ1v) is 9.73. The number of benzene rings is 1. The van der Waals surface area contributed by atoms with Gasteiger partial charge in [0, 0.05) is 30.5 Å². The Balaban J connectivity index is 1.48. The van der Waals surface area contributed by atoms with Gasteiger partial charge in [-0.1, -0.05) is 29.8 Å². The minimum absolute atomic E-state index is 0.275. The van der Waals surface area contributed by atoms with Gasteiger partial charge >= 0.3 is 0 Å². The zero-order chi connectivity index (χ0) is 20.1. The molecule has 0 spiro atoms. The topological polar surface area (TPSA) is 59.7 Å². The Hall–Kier alpha value is -2.45. The molecular formula is C19H22ClFN6S. The Morgan fingerprint density at radius 1 is 1.25 bits per heavy atom. The van der Waals surface area contributed by atoms with E-state index in [1.54, 1.807) is 29.1 Å². The van der Waals surface area contributed by atoms with Crippen molar-refractivity contribution in [1.29, 1.82) is 0 Å². The zero-order valence-electron chi connectivity index (χ0n) is 15.7. The first-order chi connectivity index (χ1) is 13.4. The molecule has 2 aromatic heterocycles. The maximum absolute atomic E-state index is 13.8. The second-order valence-corrected chi connectivity index (χ2v) is 7.31. The molecule has 0 radical (unpaired) electrons. The van der Waals surface area contributed by atoms with E-state index in [2.05, 4.69) is 26.9 Å². The fraction of sp³-hybridized carbons (Fsp3) is 0.316. The average molecular weight is 421 g/mol. The van der Waals surface area contributed by atoms with Crippen molar-refractivity contribution in [1.82, 2.24) is 24.9 Å². The van der Waals surface area contributed by atoms with Crippen LogP contribution in [0, 0.1) is 19.7 Å². The number of halogens is 2. The van der Waals surface area contributed by atoms with Gasteiger partial charge in [-0.25, -0.2) is 4.39 Å². The highest BCUT2D eigenvalue weighted by atomic mass is 35.5. The third-order valence-electron chi connectivity index (χ3n) is 4.17. The van der Waals surface area contributed by atoms with Gasteiger partial charge in [0.15, 0.2) is 10.9 Å². The van der Waals surface area contributed by atoms with Crippen molar-refractivity contribution in [2.75, 3.05) is 11.9 Å². The van der Waals surface area contributed by atoms with E-state index in [4.69, 9.17) is 23.8 Å². The lowest BCUT2D eigenvalue weighted by Gasteiger charge is -2.09. The molecule has 3 aromatic rings. The lowest BCUT2D eigenvalue weighted by atomic mass is 10.2. The quantitative estimate of drug-likeness (QED) is 0.448. The number of aromatic nitrogens is 4. The Kier molecular flexibility index (Phi) is 6.64. The minimum Gasteiger partial charge on any atom is -0.362 e. The molecule has 6 nitrogen and oxygen atoms in total. The highest BCUT2D eigenvalue weighted by Crippen LogP contribution is 2.20. The van der Waals surface area contributed by atoms with Gasteiger partial charge in [-0.15, -0.1) is 0 Å². The van der Waals surface area contributed by atoms with Gasteiger partial charge in [-0.05, 0) is 44.6 Å². The molecule has 0 aliphatic carbocycles. The normalized spacial score (nSPS) is 10.9. The third kappa shape index (κ3) is 5.30. The van der Waals surface area contributed by atoms with Crippen molar-refractivity contribution in [2.45, 2.75) is 33.4 Å². The molecule has 0 bridgehead atoms. The SMILES string of the molecule is Cc1cc(C)n(CCCNC(=S)Nc2nn(Cc3ccccc3F)cc2Cl)n1. The zero-order valence-corrected chi connectivity index (χ0v) is 17.3. The maximum Gasteiger partial charge on any atom is 0.173 e. The van der Waals surface area contributed by atoms with E-state index in [0.29, 0.717) is 28.1 Å². The summed E-state index contributed by atoms with van der Waals surface area (Å²) in [4.78, 5) is 0. The van der Waals surface area contributed by atoms with Crippen molar-refractivity contribution in [3.8, 4) is 0 Å². The molecule has 9 heteroatoms. The van der Waals surface area contributed by atoms with Gasteiger partial charge in [0.05, 0.1) is 12.2 Å². The average Bonchev–Trinajstić information content (AvgIpc) is 3.15. The maximum atomic E-state index is 13.8. The van der Waals surface area contributed by atoms with Crippen LogP contribution < -0.4 is 10.6 Å². The van der Waals surface area contributed by atoms with Crippen LogP contribution in [0.4, 0.5) is 10.2 Å². The van der Waals surface area contributed by atoms with Crippen LogP contribution in [0.2, 0.25) is 5.02 Å². The molecular weight excluding hydrogens is 399 g/mol. The highest BCUT2D eigenvalue weighted by Gasteiger charge is 2.10. The predicted molar refractivity (Wildman–Crippen MR) is 113 cm³/mol. The summed E-state index contributed by atoms with van der Waals surface area (Å²) >= 11 is 11.5. The molecule has 0 fully saturated rings. The van der Waals surface area contributed by atoms with Crippen LogP contribution in [-0.2, 0) is 13.1 Å². The molecule has 28 heavy (non-hydrogen) atoms. The Morgan fingerprint density at radius 3 is 2.75 bits per heavy atom. The molecule has 0 aliphatic rings. The van der Waals surface area contributed by atoms with Gasteiger partial charge in [0.25, 0.3) is 0 Å². The summed E-state index contributed by atoms with van der Waals surface area (Å²) in [5.74, 6) is 0.164. The number of hydrogen-bond acceptors (Lipinski definition) is 3. The summed E-state index contributed by atoms with van der Waals surface area (Å²) < 4.78 is 17.3. The lowest BCUT2D eigenvalue weighted by Crippen LogP contribution is -2.30. The third-order valence-corrected chi connectivity index (χ3v) is 4.70. The molecule has 0 aliphatic heterocycles. The molecule has 148 valence electrons. The van der Waals surface area contributed by atoms with Crippen LogP contribution in [0.5, 0.6) is 0 Å². The Labute approximate surface area is 173 Å². The number of thiocarbonyl (C=S) groups is 1. The monoisotopic (exact) mass is 420 g/mol. The Bertz CT molecular complexity index is 967. The molecule has 0 saturated carbocycles. The van der Waals surface area contributed by atoms with Crippen LogP contribution >= 0.6 is 23.8 Å². The molecule has 0 amide bonds. The van der Waals surface area contributed by atoms with Crippen LogP contribution in [-0.4, -0.2) is 31.2 Å². The van der Waals surface area contributed by atoms with Gasteiger partial charge in [-0.2, -0.15) is 10.2 Å². The second-order valence-electron chi connectivity index (χ2n) is 6.50. The minimum atomic E-state index is -0.275. The van der Waals surface area contributed by atoms with Crippen LogP contribution in [0.15, 0.2) is 36.5 Å². The van der Waals surface area contributed by atoms with Gasteiger partial charge in [-0.3, -0.25) is 9.36 Å². The number of anilines is 1. The number of aryl methyl sites for hydroxylation is 3. The van der Waals surface area contributed by atoms with Crippen molar-refractivity contribution in [3.63, 3.8) is 0 Å². The van der Waals surface area contributed by atoms with E-state index in [1.165, 1.54) is 6.07 Å². The Morgan fingerprint density at radius 2 is 2.04 bits per heavy atom. The first-order valence-electron chi connectivity index (χ1n) is 8.94. The smallest absolute Gasteiger partial charge is 0.173 e. The fourth-order valence-electron chi connectivity index (χ4n) is 2.85. The summed E-state index contributed by atoms with van der Waals surface area (Å²) in [5, 5.41) is 15.8. The van der Waals surface area contributed by atoms with Crippen molar-refractivity contribution in [2.24, 2.45) is 0 Å². The summed E-state index contributed by atoms with van der Waals surface area (Å²) in [7, 11) is 0. The summed E-state index contributed by atoms with van der Waals surface area (Å²) in [6, 6.07) is 8.63. The van der Waals surface area contributed by atoms with Crippen LogP contribution in [0.25, 0.3) is 0 Å². The van der Waals surface area contributed by atoms with Gasteiger partial charge < -0.3 is 10.6 Å². The highest BCUT2D eigenvalue weighted by molar-refractivity contribution is 7.80. The molecule has 0 atom stereocenters. The van der Waals surface area contributed by atoms with E-state index < -0.39 is 0 Å². The largest absolute Gasteiger partial charge is 0.362 e. The van der Waals surface area contributed by atoms with E-state index >= 15 is 0 Å². The van der Waals surface area contributed by atoms with Crippen LogP contribution in [0.3, 0.4) is 0 Å². The molecule has 0 saturated heterocycles. The molecule has 0 unspecified atom stereocenters. The van der Waals surface area contributed by atoms with Crippen LogP contribution in [0.1, 0.15) is 23.4 Å². The first kappa shape index (κ1) is 20.3. The summed E-state index contributed by atoms with van der Waals surface area (Å²) in [5.41, 5.74) is 2.70. The van der Waals surface area contributed by atoms with Crippen molar-refractivity contribution >= 4 is 34.7 Å². The lowest BCUT2D eigenvalue weighted by molar-refractivity contribution is 0.558. The van der Waals surface area contributed by atoms with Crippen molar-refractivity contribution in [3.05, 3.63) is 64.3 Å². The van der Waals surface area contributed by atoms with E-state index in [9.17, 15) is 4.39 Å². The molecule has 2 heterocycles. The van der Waals surface area contributed by atoms with Crippen molar-refractivity contribution < 1.29 is 4.39 Å². The predicted octanol–water partition coefficient (Wildman–Crippen LogP) is 3.91. The second kappa shape index (κ2) is 9.16. The number of nitrogens with one attached hydrogen (secondary N) is 2. The number of rotatable bonds is 7. The summed E-state index contributed by atoms with van der Waals surface area (Å²) in [6.07, 6.45) is 2.51. The van der Waals surface area contributed by atoms with E-state index in [-0.39, 0.29) is 12.4 Å². The van der Waals surface area contributed by atoms with E-state index in [1.807, 2.05) is 18.5 Å². The van der Waals surface area contributed by atoms with E-state index in [0.717, 1.165) is 24.4 Å².